The fraction of sp³-hybridized carbons (Fsp3) is 0.185. The number of benzene rings is 3. The Labute approximate surface area is 186 Å². The number of aromatic hydroxyl groups is 1. The molecule has 0 spiro atoms. The van der Waals surface area contributed by atoms with E-state index in [1.54, 1.807) is 6.07 Å². The summed E-state index contributed by atoms with van der Waals surface area (Å²) < 4.78 is 0. The standard InChI is InChI=1S/C27H24N4O/c1-17-25(29-24-12-5-4-11-23(24)28-17)16-31-14-13-21-20-9-2-3-10-22(20)30-26(21)27(31)18-7-6-8-19(32)15-18/h2-12,15,27,30,32H,13-14,16H2,1H3. The first-order valence-corrected chi connectivity index (χ1v) is 11.0. The molecule has 1 aliphatic heterocycles. The van der Waals surface area contributed by atoms with Gasteiger partial charge in [-0.1, -0.05) is 42.5 Å². The summed E-state index contributed by atoms with van der Waals surface area (Å²) in [5, 5.41) is 11.5. The Morgan fingerprint density at radius 2 is 1.75 bits per heavy atom. The van der Waals surface area contributed by atoms with Gasteiger partial charge in [-0.15, -0.1) is 0 Å². The first-order chi connectivity index (χ1) is 15.7. The maximum Gasteiger partial charge on any atom is 0.115 e. The van der Waals surface area contributed by atoms with Gasteiger partial charge < -0.3 is 10.1 Å². The van der Waals surface area contributed by atoms with Crippen LogP contribution in [0.25, 0.3) is 21.9 Å². The van der Waals surface area contributed by atoms with Gasteiger partial charge in [0.1, 0.15) is 5.75 Å². The van der Waals surface area contributed by atoms with E-state index < -0.39 is 0 Å². The highest BCUT2D eigenvalue weighted by Gasteiger charge is 2.32. The van der Waals surface area contributed by atoms with E-state index >= 15 is 0 Å². The first kappa shape index (κ1) is 19.0. The monoisotopic (exact) mass is 420 g/mol. The van der Waals surface area contributed by atoms with Crippen molar-refractivity contribution >= 4 is 21.9 Å². The highest BCUT2D eigenvalue weighted by molar-refractivity contribution is 5.85. The van der Waals surface area contributed by atoms with E-state index in [1.807, 2.05) is 43.3 Å². The minimum Gasteiger partial charge on any atom is -0.508 e. The zero-order chi connectivity index (χ0) is 21.7. The Kier molecular flexibility index (Phi) is 4.44. The second kappa shape index (κ2) is 7.46. The summed E-state index contributed by atoms with van der Waals surface area (Å²) in [5.41, 5.74) is 8.60. The maximum absolute atomic E-state index is 10.2. The number of nitrogens with one attached hydrogen (secondary N) is 1. The number of aromatic nitrogens is 3. The molecule has 0 bridgehead atoms. The summed E-state index contributed by atoms with van der Waals surface area (Å²) in [6, 6.07) is 24.1. The number of para-hydroxylation sites is 3. The van der Waals surface area contributed by atoms with Crippen molar-refractivity contribution in [2.75, 3.05) is 6.54 Å². The van der Waals surface area contributed by atoms with E-state index in [1.165, 1.54) is 16.6 Å². The molecular weight excluding hydrogens is 396 g/mol. The number of rotatable bonds is 3. The molecule has 0 saturated heterocycles. The highest BCUT2D eigenvalue weighted by atomic mass is 16.3. The molecule has 32 heavy (non-hydrogen) atoms. The lowest BCUT2D eigenvalue weighted by atomic mass is 9.92. The zero-order valence-electron chi connectivity index (χ0n) is 17.9. The van der Waals surface area contributed by atoms with Crippen molar-refractivity contribution in [1.29, 1.82) is 0 Å². The molecule has 1 aliphatic rings. The van der Waals surface area contributed by atoms with Crippen LogP contribution in [0.5, 0.6) is 5.75 Å². The van der Waals surface area contributed by atoms with E-state index in [2.05, 4.69) is 40.2 Å². The Morgan fingerprint density at radius 3 is 2.59 bits per heavy atom. The number of phenolic OH excluding ortho intramolecular Hbond substituents is 1. The molecular formula is C27H24N4O. The molecule has 0 fully saturated rings. The molecule has 0 aliphatic carbocycles. The molecule has 1 unspecified atom stereocenters. The van der Waals surface area contributed by atoms with E-state index in [-0.39, 0.29) is 11.8 Å². The van der Waals surface area contributed by atoms with E-state index in [0.717, 1.165) is 46.5 Å². The molecule has 5 aromatic rings. The summed E-state index contributed by atoms with van der Waals surface area (Å²) in [6.07, 6.45) is 0.967. The molecule has 2 aromatic heterocycles. The molecule has 5 heteroatoms. The van der Waals surface area contributed by atoms with E-state index in [0.29, 0.717) is 6.54 Å². The van der Waals surface area contributed by atoms with Gasteiger partial charge in [0.2, 0.25) is 0 Å². The normalized spacial score (nSPS) is 16.5. The third kappa shape index (κ3) is 3.13. The van der Waals surface area contributed by atoms with Crippen molar-refractivity contribution < 1.29 is 5.11 Å². The second-order valence-electron chi connectivity index (χ2n) is 8.53. The van der Waals surface area contributed by atoms with Crippen LogP contribution in [-0.4, -0.2) is 31.5 Å². The molecule has 0 amide bonds. The van der Waals surface area contributed by atoms with Crippen LogP contribution in [0.15, 0.2) is 72.8 Å². The Hall–Kier alpha value is -3.70. The summed E-state index contributed by atoms with van der Waals surface area (Å²) in [7, 11) is 0. The van der Waals surface area contributed by atoms with Gasteiger partial charge in [0.25, 0.3) is 0 Å². The molecule has 0 radical (unpaired) electrons. The van der Waals surface area contributed by atoms with Crippen LogP contribution in [0.4, 0.5) is 0 Å². The first-order valence-electron chi connectivity index (χ1n) is 11.0. The number of hydrogen-bond acceptors (Lipinski definition) is 4. The van der Waals surface area contributed by atoms with Crippen molar-refractivity contribution in [2.24, 2.45) is 0 Å². The number of aryl methyl sites for hydroxylation is 1. The molecule has 5 nitrogen and oxygen atoms in total. The van der Waals surface area contributed by atoms with Crippen LogP contribution in [0.3, 0.4) is 0 Å². The summed E-state index contributed by atoms with van der Waals surface area (Å²) >= 11 is 0. The van der Waals surface area contributed by atoms with Gasteiger partial charge >= 0.3 is 0 Å². The fourth-order valence-corrected chi connectivity index (χ4v) is 5.00. The molecule has 6 rings (SSSR count). The number of fused-ring (bicyclic) bond motifs is 4. The molecule has 2 N–H and O–H groups in total. The zero-order valence-corrected chi connectivity index (χ0v) is 17.9. The van der Waals surface area contributed by atoms with Crippen molar-refractivity contribution in [1.82, 2.24) is 19.9 Å². The largest absolute Gasteiger partial charge is 0.508 e. The maximum atomic E-state index is 10.2. The third-order valence-corrected chi connectivity index (χ3v) is 6.52. The van der Waals surface area contributed by atoms with Crippen LogP contribution >= 0.6 is 0 Å². The third-order valence-electron chi connectivity index (χ3n) is 6.52. The van der Waals surface area contributed by atoms with Gasteiger partial charge in [0.05, 0.1) is 28.5 Å². The number of hydrogen-bond donors (Lipinski definition) is 2. The smallest absolute Gasteiger partial charge is 0.115 e. The summed E-state index contributed by atoms with van der Waals surface area (Å²) in [4.78, 5) is 15.9. The average molecular weight is 421 g/mol. The van der Waals surface area contributed by atoms with Gasteiger partial charge in [0.15, 0.2) is 0 Å². The second-order valence-corrected chi connectivity index (χ2v) is 8.53. The lowest BCUT2D eigenvalue weighted by Gasteiger charge is -2.36. The van der Waals surface area contributed by atoms with Gasteiger partial charge in [0, 0.05) is 29.7 Å². The Bertz CT molecular complexity index is 1460. The Balaban J connectivity index is 1.47. The topological polar surface area (TPSA) is 65.0 Å². The highest BCUT2D eigenvalue weighted by Crippen LogP contribution is 2.39. The van der Waals surface area contributed by atoms with Crippen LogP contribution in [-0.2, 0) is 13.0 Å². The van der Waals surface area contributed by atoms with Gasteiger partial charge in [-0.3, -0.25) is 4.90 Å². The minimum atomic E-state index is 0.00548. The molecule has 1 atom stereocenters. The van der Waals surface area contributed by atoms with Gasteiger partial charge in [-0.2, -0.15) is 0 Å². The van der Waals surface area contributed by atoms with Gasteiger partial charge in [-0.25, -0.2) is 9.97 Å². The lowest BCUT2D eigenvalue weighted by molar-refractivity contribution is 0.199. The number of phenols is 1. The minimum absolute atomic E-state index is 0.00548. The van der Waals surface area contributed by atoms with Crippen molar-refractivity contribution in [3.05, 3.63) is 101 Å². The predicted molar refractivity (Wildman–Crippen MR) is 127 cm³/mol. The van der Waals surface area contributed by atoms with Crippen LogP contribution in [0.1, 0.15) is 34.3 Å². The van der Waals surface area contributed by atoms with Crippen LogP contribution in [0, 0.1) is 6.92 Å². The van der Waals surface area contributed by atoms with Gasteiger partial charge in [-0.05, 0) is 54.8 Å². The summed E-state index contributed by atoms with van der Waals surface area (Å²) in [6.45, 7) is 3.64. The molecule has 3 heterocycles. The summed E-state index contributed by atoms with van der Waals surface area (Å²) in [5.74, 6) is 0.285. The lowest BCUT2D eigenvalue weighted by Crippen LogP contribution is -2.36. The molecule has 158 valence electrons. The number of aromatic amines is 1. The SMILES string of the molecule is Cc1nc2ccccc2nc1CN1CCc2c([nH]c3ccccc23)C1c1cccc(O)c1. The van der Waals surface area contributed by atoms with E-state index in [9.17, 15) is 5.11 Å². The van der Waals surface area contributed by atoms with Crippen molar-refractivity contribution in [3.63, 3.8) is 0 Å². The number of nitrogens with zero attached hydrogens (tertiary/aromatic N) is 3. The molecule has 0 saturated carbocycles. The van der Waals surface area contributed by atoms with Crippen LogP contribution in [0.2, 0.25) is 0 Å². The van der Waals surface area contributed by atoms with Crippen molar-refractivity contribution in [2.45, 2.75) is 25.9 Å². The number of H-pyrrole nitrogens is 1. The average Bonchev–Trinajstić information content (AvgIpc) is 3.18. The molecule has 3 aromatic carbocycles. The van der Waals surface area contributed by atoms with Crippen LogP contribution < -0.4 is 0 Å². The fourth-order valence-electron chi connectivity index (χ4n) is 5.00. The quantitative estimate of drug-likeness (QED) is 0.417. The van der Waals surface area contributed by atoms with Crippen molar-refractivity contribution in [3.8, 4) is 5.75 Å². The predicted octanol–water partition coefficient (Wildman–Crippen LogP) is 5.27. The Morgan fingerprint density at radius 1 is 0.969 bits per heavy atom. The van der Waals surface area contributed by atoms with E-state index in [4.69, 9.17) is 9.97 Å².